The zero-order valence-electron chi connectivity index (χ0n) is 32.4. The molecule has 0 unspecified atom stereocenters. The molecule has 22 nitrogen and oxygen atoms in total. The molecule has 4 rings (SSSR count). The molecule has 4 heterocycles. The lowest BCUT2D eigenvalue weighted by Crippen LogP contribution is -2.36. The molecular formula is C33H40N6O16S4. The van der Waals surface area contributed by atoms with Gasteiger partial charge < -0.3 is 25.1 Å². The van der Waals surface area contributed by atoms with Gasteiger partial charge in [-0.2, -0.15) is 3.71 Å². The Balaban J connectivity index is 0.000000400. The van der Waals surface area contributed by atoms with Crippen molar-refractivity contribution in [2.24, 2.45) is 0 Å². The normalized spacial score (nSPS) is 11.0. The van der Waals surface area contributed by atoms with Gasteiger partial charge in [-0.05, 0) is 36.4 Å². The second-order valence-electron chi connectivity index (χ2n) is 11.5. The van der Waals surface area contributed by atoms with Crippen molar-refractivity contribution in [2.45, 2.75) is 11.5 Å². The zero-order chi connectivity index (χ0) is 45.4. The predicted molar refractivity (Wildman–Crippen MR) is 212 cm³/mol. The van der Waals surface area contributed by atoms with Gasteiger partial charge in [-0.15, -0.1) is 0 Å². The summed E-state index contributed by atoms with van der Waals surface area (Å²) in [4.78, 5) is 59.0. The zero-order valence-corrected chi connectivity index (χ0v) is 35.6. The van der Waals surface area contributed by atoms with Crippen LogP contribution in [0, 0.1) is 0 Å². The van der Waals surface area contributed by atoms with Gasteiger partial charge in [0.2, 0.25) is 20.0 Å². The molecular weight excluding hydrogens is 865 g/mol. The number of sulfone groups is 2. The molecule has 0 aliphatic carbocycles. The number of hydrogen-bond donors (Lipinski definition) is 2. The minimum Gasteiger partial charge on any atom is -0.477 e. The van der Waals surface area contributed by atoms with Crippen molar-refractivity contribution >= 4 is 75.0 Å². The molecule has 0 amide bonds. The van der Waals surface area contributed by atoms with E-state index in [0.29, 0.717) is 23.8 Å². The third-order valence-electron chi connectivity index (χ3n) is 6.38. The minimum absolute atomic E-state index is 0.0467. The Morgan fingerprint density at radius 1 is 0.559 bits per heavy atom. The van der Waals surface area contributed by atoms with E-state index in [1.165, 1.54) is 57.2 Å². The first-order chi connectivity index (χ1) is 27.2. The fraction of sp³-hybridized carbons (Fsp3) is 0.273. The Hall–Kier alpha value is -6.12. The molecule has 0 aliphatic heterocycles. The van der Waals surface area contributed by atoms with Crippen molar-refractivity contribution in [1.82, 2.24) is 19.9 Å². The summed E-state index contributed by atoms with van der Waals surface area (Å²) in [5.41, 5.74) is 5.55. The Bertz CT molecular complexity index is 2560. The Morgan fingerprint density at radius 3 is 1.29 bits per heavy atom. The van der Waals surface area contributed by atoms with Crippen LogP contribution in [0.25, 0.3) is 0 Å². The molecule has 0 radical (unpaired) electrons. The molecule has 0 aromatic carbocycles. The SMILES string of the molecule is COC(=O)c1ncccc1CS(C)(=O)=O.COC(=O)c1ncccc1N.COC(=O)c1ncccc1N(S(C)(=O)=O)S(C)(=O)=O.CS(=O)(=O)Cc1cccnc1C(=O)O. The highest BCUT2D eigenvalue weighted by molar-refractivity contribution is 8.09. The van der Waals surface area contributed by atoms with Gasteiger partial charge in [0.25, 0.3) is 0 Å². The molecule has 0 atom stereocenters. The van der Waals surface area contributed by atoms with E-state index in [9.17, 15) is 52.8 Å². The lowest BCUT2D eigenvalue weighted by molar-refractivity contribution is 0.0585. The first-order valence-corrected chi connectivity index (χ1v) is 23.6. The summed E-state index contributed by atoms with van der Waals surface area (Å²) in [5.74, 6) is -3.82. The summed E-state index contributed by atoms with van der Waals surface area (Å²) in [7, 11) is -11.1. The fourth-order valence-electron chi connectivity index (χ4n) is 4.23. The summed E-state index contributed by atoms with van der Waals surface area (Å²) in [6, 6.07) is 11.8. The largest absolute Gasteiger partial charge is 0.477 e. The maximum atomic E-state index is 11.6. The van der Waals surface area contributed by atoms with Crippen molar-refractivity contribution in [3.8, 4) is 0 Å². The standard InChI is InChI=1S/C9H12N2O6S2.C9H11NO4S.C8H9NO4S.C7H8N2O2/c1-17-9(12)8-7(5-4-6-10-8)11(18(2,13)14)19(3,15)16;1-14-9(11)8-7(4-3-5-10-8)6-15(2,12)13;1-14(12,13)5-6-3-2-4-9-7(6)8(10)11;1-11-7(10)6-5(8)3-2-4-9-6/h4-6H,1-3H3;3-5H,6H2,1-2H3;2-4H,5H2,1H3,(H,10,11);2-4H,8H2,1H3. The smallest absolute Gasteiger partial charge is 0.358 e. The maximum absolute atomic E-state index is 11.6. The summed E-state index contributed by atoms with van der Waals surface area (Å²) in [6.07, 6.45) is 9.01. The average Bonchev–Trinajstić information content (AvgIpc) is 3.13. The number of carbonyl (C=O) groups excluding carboxylic acids is 3. The highest BCUT2D eigenvalue weighted by Crippen LogP contribution is 2.24. The number of hydrogen-bond acceptors (Lipinski definition) is 20. The summed E-state index contributed by atoms with van der Waals surface area (Å²) >= 11 is 0. The Morgan fingerprint density at radius 2 is 0.898 bits per heavy atom. The number of aromatic carboxylic acids is 1. The van der Waals surface area contributed by atoms with Crippen LogP contribution in [0.5, 0.6) is 0 Å². The van der Waals surface area contributed by atoms with Crippen LogP contribution in [0.1, 0.15) is 53.1 Å². The molecule has 0 fully saturated rings. The first kappa shape index (κ1) is 50.9. The highest BCUT2D eigenvalue weighted by Gasteiger charge is 2.32. The number of carbonyl (C=O) groups is 4. The number of esters is 3. The number of pyridine rings is 4. The van der Waals surface area contributed by atoms with Gasteiger partial charge in [0.05, 0.1) is 51.0 Å². The second-order valence-corrected chi connectivity index (χ2v) is 19.7. The van der Waals surface area contributed by atoms with Gasteiger partial charge in [0, 0.05) is 48.4 Å². The molecule has 4 aromatic heterocycles. The number of nitrogen functional groups attached to an aromatic ring is 1. The quantitative estimate of drug-likeness (QED) is 0.155. The van der Waals surface area contributed by atoms with E-state index in [1.54, 1.807) is 24.3 Å². The lowest BCUT2D eigenvalue weighted by atomic mass is 10.2. The number of nitrogens with zero attached hydrogens (tertiary/aromatic N) is 5. The third-order valence-corrected chi connectivity index (χ3v) is 11.3. The fourth-order valence-corrected chi connectivity index (χ4v) is 8.81. The van der Waals surface area contributed by atoms with Gasteiger partial charge in [-0.3, -0.25) is 0 Å². The molecule has 0 spiro atoms. The van der Waals surface area contributed by atoms with E-state index in [-0.39, 0.29) is 43.5 Å². The van der Waals surface area contributed by atoms with E-state index in [0.717, 1.165) is 25.7 Å². The predicted octanol–water partition coefficient (Wildman–Crippen LogP) is 0.781. The molecule has 59 heavy (non-hydrogen) atoms. The van der Waals surface area contributed by atoms with Crippen molar-refractivity contribution in [1.29, 1.82) is 0 Å². The van der Waals surface area contributed by atoms with E-state index in [1.807, 2.05) is 0 Å². The number of methoxy groups -OCH3 is 3. The van der Waals surface area contributed by atoms with Crippen LogP contribution in [0.3, 0.4) is 0 Å². The number of anilines is 2. The van der Waals surface area contributed by atoms with E-state index in [4.69, 9.17) is 10.8 Å². The molecule has 0 aliphatic rings. The van der Waals surface area contributed by atoms with Crippen LogP contribution >= 0.6 is 0 Å². The van der Waals surface area contributed by atoms with Crippen molar-refractivity contribution in [3.05, 3.63) is 107 Å². The number of rotatable bonds is 11. The van der Waals surface area contributed by atoms with Gasteiger partial charge >= 0.3 is 23.9 Å². The lowest BCUT2D eigenvalue weighted by Gasteiger charge is -2.20. The molecule has 0 saturated carbocycles. The van der Waals surface area contributed by atoms with Gasteiger partial charge in [0.1, 0.15) is 5.69 Å². The monoisotopic (exact) mass is 904 g/mol. The molecule has 4 aromatic rings. The number of ether oxygens (including phenoxy) is 3. The molecule has 0 saturated heterocycles. The third kappa shape index (κ3) is 17.5. The number of carboxylic acid groups (broad SMARTS) is 1. The van der Waals surface area contributed by atoms with Crippen LogP contribution in [0.4, 0.5) is 11.4 Å². The van der Waals surface area contributed by atoms with Crippen LogP contribution in [0.15, 0.2) is 73.3 Å². The topological polar surface area (TPSA) is 334 Å². The van der Waals surface area contributed by atoms with Gasteiger partial charge in [-0.25, -0.2) is 72.8 Å². The van der Waals surface area contributed by atoms with Crippen molar-refractivity contribution in [3.63, 3.8) is 0 Å². The van der Waals surface area contributed by atoms with Gasteiger partial charge in [-0.1, -0.05) is 12.1 Å². The first-order valence-electron chi connectivity index (χ1n) is 15.8. The van der Waals surface area contributed by atoms with E-state index >= 15 is 0 Å². The van der Waals surface area contributed by atoms with E-state index < -0.39 is 69.3 Å². The van der Waals surface area contributed by atoms with Crippen LogP contribution in [-0.2, 0) is 65.4 Å². The molecule has 322 valence electrons. The average molecular weight is 905 g/mol. The van der Waals surface area contributed by atoms with Crippen LogP contribution in [-0.4, -0.2) is 129 Å². The number of sulfonamides is 2. The number of aromatic nitrogens is 4. The summed E-state index contributed by atoms with van der Waals surface area (Å²) in [5, 5.41) is 8.71. The van der Waals surface area contributed by atoms with Gasteiger partial charge in [0.15, 0.2) is 42.5 Å². The highest BCUT2D eigenvalue weighted by atomic mass is 32.3. The van der Waals surface area contributed by atoms with Crippen LogP contribution in [0.2, 0.25) is 0 Å². The number of nitrogens with two attached hydrogens (primary N) is 1. The molecule has 26 heteroatoms. The van der Waals surface area contributed by atoms with Crippen LogP contribution < -0.4 is 9.44 Å². The Labute approximate surface area is 340 Å². The maximum Gasteiger partial charge on any atom is 0.358 e. The minimum atomic E-state index is -4.14. The number of carboxylic acids is 1. The summed E-state index contributed by atoms with van der Waals surface area (Å²) < 4.78 is 104. The Kier molecular flexibility index (Phi) is 19.1. The molecule has 3 N–H and O–H groups in total. The van der Waals surface area contributed by atoms with Crippen molar-refractivity contribution in [2.75, 3.05) is 55.8 Å². The summed E-state index contributed by atoms with van der Waals surface area (Å²) in [6.45, 7) is 0. The van der Waals surface area contributed by atoms with E-state index in [2.05, 4.69) is 34.1 Å². The molecule has 0 bridgehead atoms. The van der Waals surface area contributed by atoms with Crippen molar-refractivity contribution < 1.29 is 72.2 Å². The second kappa shape index (κ2) is 22.1.